The van der Waals surface area contributed by atoms with Gasteiger partial charge in [-0.2, -0.15) is 5.10 Å². The fourth-order valence-electron chi connectivity index (χ4n) is 2.98. The monoisotopic (exact) mass is 414 g/mol. The van der Waals surface area contributed by atoms with Gasteiger partial charge in [0.15, 0.2) is 0 Å². The molecule has 1 N–H and O–H groups in total. The Labute approximate surface area is 181 Å². The third kappa shape index (κ3) is 8.38. The number of nitrogens with one attached hydrogen (secondary N) is 1. The van der Waals surface area contributed by atoms with Gasteiger partial charge in [0, 0.05) is 43.2 Å². The van der Waals surface area contributed by atoms with Crippen molar-refractivity contribution < 1.29 is 0 Å². The van der Waals surface area contributed by atoms with Crippen LogP contribution in [-0.2, 0) is 19.4 Å². The molecule has 4 nitrogen and oxygen atoms in total. The molecule has 158 valence electrons. The number of allylic oxidation sites excluding steroid dienone is 5. The van der Waals surface area contributed by atoms with Gasteiger partial charge in [0.05, 0.1) is 11.1 Å². The van der Waals surface area contributed by atoms with E-state index in [4.69, 9.17) is 16.7 Å². The van der Waals surface area contributed by atoms with E-state index < -0.39 is 0 Å². The summed E-state index contributed by atoms with van der Waals surface area (Å²) in [5.74, 6) is 0. The topological polar surface area (TPSA) is 42.7 Å². The van der Waals surface area contributed by atoms with Gasteiger partial charge in [-0.05, 0) is 44.5 Å². The zero-order chi connectivity index (χ0) is 21.5. The summed E-state index contributed by atoms with van der Waals surface area (Å²) < 4.78 is 2.15. The van der Waals surface area contributed by atoms with Crippen molar-refractivity contribution in [3.05, 3.63) is 78.4 Å². The summed E-state index contributed by atoms with van der Waals surface area (Å²) in [6, 6.07) is 5.72. The highest BCUT2D eigenvalue weighted by atomic mass is 35.5. The van der Waals surface area contributed by atoms with E-state index in [1.807, 2.05) is 44.2 Å². The number of hydrogen-bond acceptors (Lipinski definition) is 3. The predicted molar refractivity (Wildman–Crippen MR) is 126 cm³/mol. The lowest BCUT2D eigenvalue weighted by atomic mass is 10.0. The van der Waals surface area contributed by atoms with Gasteiger partial charge >= 0.3 is 0 Å². The summed E-state index contributed by atoms with van der Waals surface area (Å²) in [6.07, 6.45) is 13.3. The molecule has 0 saturated carbocycles. The molecule has 0 fully saturated rings. The summed E-state index contributed by atoms with van der Waals surface area (Å²) in [4.78, 5) is 3.78. The molecule has 1 aliphatic rings. The van der Waals surface area contributed by atoms with Gasteiger partial charge in [0.2, 0.25) is 0 Å². The molecule has 0 bridgehead atoms. The molecule has 2 aromatic heterocycles. The van der Waals surface area contributed by atoms with Crippen LogP contribution in [0.25, 0.3) is 5.57 Å². The smallest absolute Gasteiger partial charge is 0.0915 e. The van der Waals surface area contributed by atoms with Crippen LogP contribution in [0.4, 0.5) is 0 Å². The van der Waals surface area contributed by atoms with Crippen molar-refractivity contribution in [3.8, 4) is 0 Å². The van der Waals surface area contributed by atoms with Crippen LogP contribution in [0, 0.1) is 0 Å². The minimum absolute atomic E-state index is 0.122. The van der Waals surface area contributed by atoms with Crippen LogP contribution in [0.1, 0.15) is 44.6 Å². The van der Waals surface area contributed by atoms with Crippen LogP contribution in [0.3, 0.4) is 0 Å². The third-order valence-electron chi connectivity index (χ3n) is 4.36. The van der Waals surface area contributed by atoms with Gasteiger partial charge in [0.1, 0.15) is 0 Å². The third-order valence-corrected chi connectivity index (χ3v) is 4.69. The molecule has 2 aromatic rings. The second kappa shape index (κ2) is 14.8. The van der Waals surface area contributed by atoms with Gasteiger partial charge in [-0.15, -0.1) is 18.2 Å². The lowest BCUT2D eigenvalue weighted by Crippen LogP contribution is -2.17. The quantitative estimate of drug-likeness (QED) is 0.401. The van der Waals surface area contributed by atoms with Crippen molar-refractivity contribution in [2.24, 2.45) is 0 Å². The lowest BCUT2D eigenvalue weighted by Gasteiger charge is -2.03. The van der Waals surface area contributed by atoms with E-state index in [1.165, 1.54) is 16.8 Å². The molecule has 0 aliphatic carbocycles. The molecule has 29 heavy (non-hydrogen) atoms. The normalized spacial score (nSPS) is 14.6. The van der Waals surface area contributed by atoms with E-state index in [2.05, 4.69) is 41.5 Å². The number of aryl methyl sites for hydroxylation is 1. The van der Waals surface area contributed by atoms with Gasteiger partial charge in [-0.1, -0.05) is 44.2 Å². The van der Waals surface area contributed by atoms with E-state index in [-0.39, 0.29) is 5.38 Å². The van der Waals surface area contributed by atoms with Gasteiger partial charge in [-0.3, -0.25) is 9.67 Å². The fourth-order valence-corrected chi connectivity index (χ4v) is 3.06. The lowest BCUT2D eigenvalue weighted by molar-refractivity contribution is 0.607. The maximum Gasteiger partial charge on any atom is 0.0915 e. The number of nitrogens with zero attached hydrogens (tertiary/aromatic N) is 3. The molecule has 0 aromatic carbocycles. The average molecular weight is 415 g/mol. The second-order valence-electron chi connectivity index (χ2n) is 6.28. The summed E-state index contributed by atoms with van der Waals surface area (Å²) in [6.45, 7) is 14.9. The standard InChI is InChI=1S/C17H24ClN3.C5H5N.C2H6/c1-4-14(18)8-6-7-13(3)17-15-9-11-19-12-10-16(15)21(5-2)20-17;1-2-4-6-5-3-1;1-2/h4,6-8,14,19H,1,5,9-12H2,2-3H3;1-5H;1-2H3/b8-6?,13-7+;;. The Balaban J connectivity index is 0.000000442. The Bertz CT molecular complexity index is 736. The first-order valence-corrected chi connectivity index (χ1v) is 10.9. The van der Waals surface area contributed by atoms with E-state index in [9.17, 15) is 0 Å². The van der Waals surface area contributed by atoms with E-state index in [0.717, 1.165) is 38.2 Å². The van der Waals surface area contributed by atoms with E-state index in [0.29, 0.717) is 0 Å². The number of pyridine rings is 1. The summed E-state index contributed by atoms with van der Waals surface area (Å²) in [5, 5.41) is 8.14. The molecule has 3 rings (SSSR count). The van der Waals surface area contributed by atoms with Crippen molar-refractivity contribution in [1.82, 2.24) is 20.1 Å². The molecule has 5 heteroatoms. The molecular weight excluding hydrogens is 380 g/mol. The van der Waals surface area contributed by atoms with E-state index >= 15 is 0 Å². The minimum Gasteiger partial charge on any atom is -0.316 e. The van der Waals surface area contributed by atoms with Crippen molar-refractivity contribution in [3.63, 3.8) is 0 Å². The SMILES string of the molecule is C=CC(Cl)C=C/C=C(\C)c1nn(CC)c2c1CCNCC2.CC.c1ccncc1. The van der Waals surface area contributed by atoms with Crippen LogP contribution < -0.4 is 5.32 Å². The van der Waals surface area contributed by atoms with Crippen LogP contribution in [0.5, 0.6) is 0 Å². The van der Waals surface area contributed by atoms with Gasteiger partial charge in [-0.25, -0.2) is 0 Å². The van der Waals surface area contributed by atoms with Crippen LogP contribution in [0.15, 0.2) is 61.5 Å². The highest BCUT2D eigenvalue weighted by molar-refractivity contribution is 6.22. The number of fused-ring (bicyclic) bond motifs is 1. The maximum absolute atomic E-state index is 6.00. The summed E-state index contributed by atoms with van der Waals surface area (Å²) >= 11 is 6.00. The first kappa shape index (κ1) is 24.9. The highest BCUT2D eigenvalue weighted by Gasteiger charge is 2.19. The second-order valence-corrected chi connectivity index (χ2v) is 6.78. The fraction of sp³-hybridized carbons (Fsp3) is 0.417. The zero-order valence-corrected chi connectivity index (χ0v) is 19.0. The van der Waals surface area contributed by atoms with Crippen LogP contribution >= 0.6 is 11.6 Å². The number of halogens is 1. The summed E-state index contributed by atoms with van der Waals surface area (Å²) in [5.41, 5.74) is 5.10. The molecule has 0 radical (unpaired) electrons. The number of aromatic nitrogens is 3. The number of alkyl halides is 1. The van der Waals surface area contributed by atoms with Gasteiger partial charge in [0.25, 0.3) is 0 Å². The largest absolute Gasteiger partial charge is 0.316 e. The zero-order valence-electron chi connectivity index (χ0n) is 18.2. The minimum atomic E-state index is -0.122. The Morgan fingerprint density at radius 3 is 2.48 bits per heavy atom. The maximum atomic E-state index is 6.00. The Kier molecular flexibility index (Phi) is 12.7. The number of hydrogen-bond donors (Lipinski definition) is 1. The Morgan fingerprint density at radius 1 is 1.24 bits per heavy atom. The molecule has 0 spiro atoms. The van der Waals surface area contributed by atoms with Crippen molar-refractivity contribution in [1.29, 1.82) is 0 Å². The molecule has 0 amide bonds. The Hall–Kier alpha value is -2.17. The molecule has 0 saturated heterocycles. The van der Waals surface area contributed by atoms with Crippen molar-refractivity contribution in [2.75, 3.05) is 13.1 Å². The van der Waals surface area contributed by atoms with Crippen LogP contribution in [0.2, 0.25) is 0 Å². The average Bonchev–Trinajstić information content (AvgIpc) is 2.96. The highest BCUT2D eigenvalue weighted by Crippen LogP contribution is 2.24. The van der Waals surface area contributed by atoms with E-state index in [1.54, 1.807) is 18.5 Å². The number of rotatable bonds is 5. The van der Waals surface area contributed by atoms with Crippen molar-refractivity contribution in [2.45, 2.75) is 52.5 Å². The molecule has 1 atom stereocenters. The van der Waals surface area contributed by atoms with Gasteiger partial charge < -0.3 is 5.32 Å². The Morgan fingerprint density at radius 2 is 1.93 bits per heavy atom. The molecule has 3 heterocycles. The molecule has 1 aliphatic heterocycles. The molecule has 1 unspecified atom stereocenters. The van der Waals surface area contributed by atoms with Crippen LogP contribution in [-0.4, -0.2) is 33.2 Å². The predicted octanol–water partition coefficient (Wildman–Crippen LogP) is 5.45. The van der Waals surface area contributed by atoms with Crippen molar-refractivity contribution >= 4 is 17.2 Å². The molecular formula is C24H35ClN4. The first-order valence-electron chi connectivity index (χ1n) is 10.4. The summed E-state index contributed by atoms with van der Waals surface area (Å²) in [7, 11) is 0. The first-order chi connectivity index (χ1) is 14.2.